The van der Waals surface area contributed by atoms with Crippen molar-refractivity contribution in [3.63, 3.8) is 0 Å². The topological polar surface area (TPSA) is 8.17 Å². The van der Waals surface area contributed by atoms with E-state index in [4.69, 9.17) is 0 Å². The molecule has 2 nitrogen and oxygen atoms in total. The first kappa shape index (κ1) is 32.0. The lowest BCUT2D eigenvalue weighted by atomic mass is 9.92. The summed E-state index contributed by atoms with van der Waals surface area (Å²) in [6.07, 6.45) is 15.8. The summed E-state index contributed by atoms with van der Waals surface area (Å²) < 4.78 is 2.42. The molecule has 2 aliphatic carbocycles. The maximum Gasteiger partial charge on any atom is 0.0547 e. The smallest absolute Gasteiger partial charge is 0.0547 e. The standard InChI is InChI=1S/C52H40N2/c1-4-14-37(15-5-1)43-28-33-51(48(34-43)40-16-6-2-7-17-40)53(44-20-8-3-9-21-44)45-29-24-38(25-30-45)39-26-31-46(32-27-39)54-50-23-13-12-22-47(50)49-35-41-18-10-11-19-42(41)36-52(49)54/h1-2,4-8,10-24,26-29,31-36H,3,9,25,30H2. The highest BCUT2D eigenvalue weighted by Crippen LogP contribution is 2.42. The molecule has 8 aromatic rings. The number of benzene rings is 7. The van der Waals surface area contributed by atoms with E-state index in [0.717, 1.165) is 25.7 Å². The second-order valence-electron chi connectivity index (χ2n) is 14.4. The van der Waals surface area contributed by atoms with Gasteiger partial charge in [0.1, 0.15) is 0 Å². The molecule has 2 heteroatoms. The van der Waals surface area contributed by atoms with Crippen molar-refractivity contribution in [3.8, 4) is 27.9 Å². The molecule has 0 saturated carbocycles. The molecule has 0 spiro atoms. The van der Waals surface area contributed by atoms with Crippen LogP contribution in [0, 0.1) is 0 Å². The summed E-state index contributed by atoms with van der Waals surface area (Å²) in [5, 5.41) is 5.11. The molecule has 7 aromatic carbocycles. The van der Waals surface area contributed by atoms with Gasteiger partial charge in [-0.1, -0.05) is 140 Å². The quantitative estimate of drug-likeness (QED) is 0.161. The Balaban J connectivity index is 1.03. The van der Waals surface area contributed by atoms with Crippen LogP contribution in [0.4, 0.5) is 5.69 Å². The fraction of sp³-hybridized carbons (Fsp3) is 0.0769. The summed E-state index contributed by atoms with van der Waals surface area (Å²) >= 11 is 0. The molecule has 54 heavy (non-hydrogen) atoms. The molecule has 0 bridgehead atoms. The molecule has 0 N–H and O–H groups in total. The average molecular weight is 693 g/mol. The largest absolute Gasteiger partial charge is 0.314 e. The second-order valence-corrected chi connectivity index (χ2v) is 14.4. The van der Waals surface area contributed by atoms with Crippen LogP contribution in [0.25, 0.3) is 66.1 Å². The number of allylic oxidation sites excluding steroid dienone is 7. The van der Waals surface area contributed by atoms with Crippen LogP contribution in [0.1, 0.15) is 31.2 Å². The number of hydrogen-bond donors (Lipinski definition) is 0. The number of aromatic nitrogens is 1. The molecule has 10 rings (SSSR count). The third kappa shape index (κ3) is 5.77. The van der Waals surface area contributed by atoms with Crippen molar-refractivity contribution in [1.82, 2.24) is 4.57 Å². The summed E-state index contributed by atoms with van der Waals surface area (Å²) in [5.41, 5.74) is 15.0. The van der Waals surface area contributed by atoms with Crippen LogP contribution >= 0.6 is 0 Å². The van der Waals surface area contributed by atoms with Crippen molar-refractivity contribution in [1.29, 1.82) is 0 Å². The molecule has 0 amide bonds. The van der Waals surface area contributed by atoms with Crippen LogP contribution in [0.15, 0.2) is 206 Å². The Hall–Kier alpha value is -6.64. The van der Waals surface area contributed by atoms with Crippen molar-refractivity contribution in [2.24, 2.45) is 0 Å². The summed E-state index contributed by atoms with van der Waals surface area (Å²) in [6, 6.07) is 59.9. The van der Waals surface area contributed by atoms with E-state index in [9.17, 15) is 0 Å². The molecule has 0 aliphatic heterocycles. The Morgan fingerprint density at radius 1 is 0.481 bits per heavy atom. The lowest BCUT2D eigenvalue weighted by Gasteiger charge is -2.33. The Kier molecular flexibility index (Phi) is 8.15. The maximum atomic E-state index is 2.51. The van der Waals surface area contributed by atoms with E-state index < -0.39 is 0 Å². The highest BCUT2D eigenvalue weighted by atomic mass is 15.2. The van der Waals surface area contributed by atoms with E-state index in [1.165, 1.54) is 88.7 Å². The number of para-hydroxylation sites is 1. The molecule has 0 atom stereocenters. The van der Waals surface area contributed by atoms with Crippen LogP contribution in [0.3, 0.4) is 0 Å². The lowest BCUT2D eigenvalue weighted by Crippen LogP contribution is -2.23. The first-order chi connectivity index (χ1) is 26.8. The highest BCUT2D eigenvalue weighted by molar-refractivity contribution is 6.13. The third-order valence-corrected chi connectivity index (χ3v) is 11.1. The zero-order valence-corrected chi connectivity index (χ0v) is 30.2. The second kappa shape index (κ2) is 13.7. The lowest BCUT2D eigenvalue weighted by molar-refractivity contribution is 0.896. The fourth-order valence-electron chi connectivity index (χ4n) is 8.43. The molecular weight excluding hydrogens is 653 g/mol. The first-order valence-electron chi connectivity index (χ1n) is 19.1. The van der Waals surface area contributed by atoms with E-state index in [-0.39, 0.29) is 0 Å². The van der Waals surface area contributed by atoms with Gasteiger partial charge >= 0.3 is 0 Å². The minimum absolute atomic E-state index is 0.952. The number of rotatable bonds is 7. The van der Waals surface area contributed by atoms with Gasteiger partial charge in [0, 0.05) is 33.4 Å². The van der Waals surface area contributed by atoms with Crippen LogP contribution in [0.5, 0.6) is 0 Å². The Bertz CT molecular complexity index is 2790. The normalized spacial score (nSPS) is 14.3. The summed E-state index contributed by atoms with van der Waals surface area (Å²) in [4.78, 5) is 2.51. The van der Waals surface area contributed by atoms with Crippen molar-refractivity contribution in [2.75, 3.05) is 4.90 Å². The number of anilines is 1. The number of hydrogen-bond acceptors (Lipinski definition) is 1. The van der Waals surface area contributed by atoms with Crippen molar-refractivity contribution in [3.05, 3.63) is 211 Å². The average Bonchev–Trinajstić information content (AvgIpc) is 3.57. The van der Waals surface area contributed by atoms with E-state index in [1.807, 2.05) is 0 Å². The number of nitrogens with zero attached hydrogens (tertiary/aromatic N) is 2. The monoisotopic (exact) mass is 692 g/mol. The van der Waals surface area contributed by atoms with E-state index in [1.54, 1.807) is 0 Å². The SMILES string of the molecule is C1=CC(N(C2=CC=C(c3ccc(-n4c5ccccc5c5cc6ccccc6cc54)cc3)CC2)c2ccc(-c3ccccc3)cc2-c2ccccc2)=CCC1. The molecule has 2 aliphatic rings. The molecule has 0 fully saturated rings. The Labute approximate surface area is 316 Å². The molecule has 1 aromatic heterocycles. The minimum atomic E-state index is 0.952. The van der Waals surface area contributed by atoms with Crippen LogP contribution in [-0.4, -0.2) is 4.57 Å². The molecule has 1 heterocycles. The summed E-state index contributed by atoms with van der Waals surface area (Å²) in [6.45, 7) is 0. The Morgan fingerprint density at radius 2 is 1.19 bits per heavy atom. The van der Waals surface area contributed by atoms with Crippen molar-refractivity contribution in [2.45, 2.75) is 25.7 Å². The number of fused-ring (bicyclic) bond motifs is 4. The van der Waals surface area contributed by atoms with Gasteiger partial charge < -0.3 is 9.47 Å². The Morgan fingerprint density at radius 3 is 1.93 bits per heavy atom. The van der Waals surface area contributed by atoms with Crippen LogP contribution in [-0.2, 0) is 0 Å². The van der Waals surface area contributed by atoms with Gasteiger partial charge in [0.15, 0.2) is 0 Å². The fourth-order valence-corrected chi connectivity index (χ4v) is 8.43. The van der Waals surface area contributed by atoms with Crippen molar-refractivity contribution >= 4 is 43.8 Å². The van der Waals surface area contributed by atoms with Crippen LogP contribution < -0.4 is 4.90 Å². The predicted octanol–water partition coefficient (Wildman–Crippen LogP) is 14.1. The van der Waals surface area contributed by atoms with Gasteiger partial charge in [-0.2, -0.15) is 0 Å². The van der Waals surface area contributed by atoms with Gasteiger partial charge in [0.25, 0.3) is 0 Å². The van der Waals surface area contributed by atoms with Crippen LogP contribution in [0.2, 0.25) is 0 Å². The van der Waals surface area contributed by atoms with Gasteiger partial charge in [-0.25, -0.2) is 0 Å². The third-order valence-electron chi connectivity index (χ3n) is 11.1. The van der Waals surface area contributed by atoms with Gasteiger partial charge in [-0.05, 0) is 119 Å². The minimum Gasteiger partial charge on any atom is -0.314 e. The van der Waals surface area contributed by atoms with E-state index in [0.29, 0.717) is 0 Å². The maximum absolute atomic E-state index is 2.51. The van der Waals surface area contributed by atoms with E-state index in [2.05, 4.69) is 204 Å². The van der Waals surface area contributed by atoms with Gasteiger partial charge in [-0.15, -0.1) is 0 Å². The molecule has 0 radical (unpaired) electrons. The zero-order valence-electron chi connectivity index (χ0n) is 30.2. The summed E-state index contributed by atoms with van der Waals surface area (Å²) in [7, 11) is 0. The van der Waals surface area contributed by atoms with Gasteiger partial charge in [0.2, 0.25) is 0 Å². The van der Waals surface area contributed by atoms with E-state index >= 15 is 0 Å². The first-order valence-corrected chi connectivity index (χ1v) is 19.1. The summed E-state index contributed by atoms with van der Waals surface area (Å²) in [5.74, 6) is 0. The highest BCUT2D eigenvalue weighted by Gasteiger charge is 2.23. The van der Waals surface area contributed by atoms with Gasteiger partial charge in [0.05, 0.1) is 16.7 Å². The molecule has 258 valence electrons. The molecular formula is C52H40N2. The zero-order chi connectivity index (χ0) is 35.8. The molecule has 0 unspecified atom stereocenters. The predicted molar refractivity (Wildman–Crippen MR) is 230 cm³/mol. The van der Waals surface area contributed by atoms with Gasteiger partial charge in [-0.3, -0.25) is 0 Å². The van der Waals surface area contributed by atoms with Crippen molar-refractivity contribution < 1.29 is 0 Å². The molecule has 0 saturated heterocycles.